The van der Waals surface area contributed by atoms with E-state index in [1.54, 1.807) is 24.4 Å². The topological polar surface area (TPSA) is 176 Å². The average Bonchev–Trinajstić information content (AvgIpc) is 3.16. The fourth-order valence-corrected chi connectivity index (χ4v) is 7.06. The van der Waals surface area contributed by atoms with Gasteiger partial charge in [0.15, 0.2) is 0 Å². The maximum atomic E-state index is 12.3. The first-order valence-corrected chi connectivity index (χ1v) is 17.9. The number of nitrogens with zero attached hydrogens (tertiary/aromatic N) is 4. The molecule has 4 aromatic rings. The number of nitriles is 1. The lowest BCUT2D eigenvalue weighted by Gasteiger charge is -2.47. The Bertz CT molecular complexity index is 1920. The number of rotatable bonds is 15. The lowest BCUT2D eigenvalue weighted by Crippen LogP contribution is -2.57. The highest BCUT2D eigenvalue weighted by molar-refractivity contribution is 5.87. The molecule has 6 rings (SSSR count). The number of aromatic hydroxyl groups is 1. The molecule has 0 bridgehead atoms. The van der Waals surface area contributed by atoms with Gasteiger partial charge in [-0.05, 0) is 60.2 Å². The Kier molecular flexibility index (Phi) is 12.5. The van der Waals surface area contributed by atoms with Gasteiger partial charge < -0.3 is 40.2 Å². The lowest BCUT2D eigenvalue weighted by atomic mass is 9.89. The van der Waals surface area contributed by atoms with Crippen LogP contribution in [0.5, 0.6) is 5.75 Å². The summed E-state index contributed by atoms with van der Waals surface area (Å²) < 4.78 is 12.1. The Morgan fingerprint density at radius 2 is 1.92 bits per heavy atom. The number of amides is 1. The molecule has 1 amide bonds. The average molecular weight is 710 g/mol. The first kappa shape index (κ1) is 36.9. The summed E-state index contributed by atoms with van der Waals surface area (Å²) in [6.45, 7) is 6.84. The molecule has 1 unspecified atom stereocenters. The minimum Gasteiger partial charge on any atom is -0.506 e. The smallest absolute Gasteiger partial charge is 0.248 e. The number of aromatic amines is 1. The molecule has 2 aliphatic heterocycles. The number of aliphatic hydroxyl groups is 1. The molecule has 1 atom stereocenters. The molecule has 2 saturated heterocycles. The number of aromatic nitrogens is 2. The van der Waals surface area contributed by atoms with Crippen molar-refractivity contribution in [2.75, 3.05) is 70.5 Å². The molecule has 5 N–H and O–H groups in total. The highest BCUT2D eigenvalue weighted by Gasteiger charge is 2.40. The third-order valence-electron chi connectivity index (χ3n) is 9.86. The zero-order chi connectivity index (χ0) is 36.3. The molecule has 4 heterocycles. The van der Waals surface area contributed by atoms with Gasteiger partial charge >= 0.3 is 0 Å². The number of fused-ring (bicyclic) bond motifs is 1. The molecule has 0 aliphatic carbocycles. The van der Waals surface area contributed by atoms with Crippen molar-refractivity contribution in [1.29, 1.82) is 5.26 Å². The van der Waals surface area contributed by atoms with Crippen LogP contribution in [0.3, 0.4) is 0 Å². The predicted octanol–water partition coefficient (Wildman–Crippen LogP) is 2.76. The van der Waals surface area contributed by atoms with Crippen molar-refractivity contribution in [2.45, 2.75) is 43.9 Å². The summed E-state index contributed by atoms with van der Waals surface area (Å²) >= 11 is 0. The number of hydrogen-bond acceptors (Lipinski definition) is 11. The fourth-order valence-electron chi connectivity index (χ4n) is 7.06. The van der Waals surface area contributed by atoms with Gasteiger partial charge in [0.1, 0.15) is 17.6 Å². The van der Waals surface area contributed by atoms with Crippen LogP contribution >= 0.6 is 0 Å². The summed E-state index contributed by atoms with van der Waals surface area (Å²) in [7, 11) is 0. The van der Waals surface area contributed by atoms with Crippen LogP contribution in [0.15, 0.2) is 71.7 Å². The Balaban J connectivity index is 0.842. The molecule has 52 heavy (non-hydrogen) atoms. The number of likely N-dealkylation sites (tertiary alicyclic amines) is 1. The van der Waals surface area contributed by atoms with Crippen LogP contribution in [0.1, 0.15) is 47.6 Å². The number of benzene rings is 2. The molecular weight excluding hydrogens is 662 g/mol. The van der Waals surface area contributed by atoms with Gasteiger partial charge in [0.2, 0.25) is 11.5 Å². The Labute approximate surface area is 303 Å². The number of piperidine rings is 1. The molecule has 2 aliphatic rings. The number of nitrogens with one attached hydrogen (secondary N) is 3. The molecule has 0 radical (unpaired) electrons. The van der Waals surface area contributed by atoms with Gasteiger partial charge in [0, 0.05) is 76.4 Å². The van der Waals surface area contributed by atoms with E-state index in [0.717, 1.165) is 57.8 Å². The van der Waals surface area contributed by atoms with Crippen molar-refractivity contribution >= 4 is 22.6 Å². The second-order valence-corrected chi connectivity index (χ2v) is 13.5. The highest BCUT2D eigenvalue weighted by Crippen LogP contribution is 2.33. The number of phenolic OH excluding ortho intramolecular Hbond substituents is 1. The Morgan fingerprint density at radius 1 is 1.08 bits per heavy atom. The minimum absolute atomic E-state index is 0.0565. The number of carbonyl (C=O) groups excluding carboxylic acids is 1. The maximum Gasteiger partial charge on any atom is 0.248 e. The highest BCUT2D eigenvalue weighted by atomic mass is 16.5. The van der Waals surface area contributed by atoms with Crippen LogP contribution in [0.2, 0.25) is 0 Å². The third-order valence-corrected chi connectivity index (χ3v) is 9.86. The van der Waals surface area contributed by atoms with E-state index in [9.17, 15) is 25.1 Å². The van der Waals surface area contributed by atoms with Crippen LogP contribution < -0.4 is 21.1 Å². The number of hydrogen-bond donors (Lipinski definition) is 5. The number of aliphatic hydroxyl groups excluding tert-OH is 1. The first-order chi connectivity index (χ1) is 25.3. The van der Waals surface area contributed by atoms with E-state index in [1.165, 1.54) is 23.3 Å². The molecular formula is C39H47N7O6. The van der Waals surface area contributed by atoms with Crippen molar-refractivity contribution in [3.05, 3.63) is 99.5 Å². The zero-order valence-electron chi connectivity index (χ0n) is 29.4. The third kappa shape index (κ3) is 9.52. The van der Waals surface area contributed by atoms with Crippen molar-refractivity contribution in [3.63, 3.8) is 0 Å². The van der Waals surface area contributed by atoms with Crippen molar-refractivity contribution in [3.8, 4) is 11.8 Å². The number of ether oxygens (including phenoxy) is 2. The van der Waals surface area contributed by atoms with E-state index >= 15 is 0 Å². The Morgan fingerprint density at radius 3 is 2.77 bits per heavy atom. The van der Waals surface area contributed by atoms with Gasteiger partial charge in [0.05, 0.1) is 42.6 Å². The summed E-state index contributed by atoms with van der Waals surface area (Å²) in [5.41, 5.74) is 3.39. The van der Waals surface area contributed by atoms with E-state index in [-0.39, 0.29) is 41.3 Å². The van der Waals surface area contributed by atoms with Crippen LogP contribution in [-0.2, 0) is 27.2 Å². The molecule has 2 fully saturated rings. The molecule has 1 spiro atoms. The zero-order valence-corrected chi connectivity index (χ0v) is 29.4. The quantitative estimate of drug-likeness (QED) is 0.115. The normalized spacial score (nSPS) is 16.5. The van der Waals surface area contributed by atoms with Crippen LogP contribution in [0.25, 0.3) is 10.9 Å². The number of carbonyl (C=O) groups is 1. The SMILES string of the molecule is N#Cc1cccnc1N1CCOC2(CCN(Cc3cccc(CCOCCC(=O)NCCNCC(O)c4ccc(O)c5[nH]c(=O)ccc45)c3)CC2)C1. The van der Waals surface area contributed by atoms with Gasteiger partial charge in [-0.25, -0.2) is 4.98 Å². The Hall–Kier alpha value is -4.84. The molecule has 2 aromatic heterocycles. The molecule has 2 aromatic carbocycles. The minimum atomic E-state index is -0.862. The molecule has 274 valence electrons. The second kappa shape index (κ2) is 17.6. The van der Waals surface area contributed by atoms with Crippen molar-refractivity contribution in [2.24, 2.45) is 0 Å². The van der Waals surface area contributed by atoms with Gasteiger partial charge in [-0.3, -0.25) is 14.5 Å². The van der Waals surface area contributed by atoms with Gasteiger partial charge in [-0.2, -0.15) is 5.26 Å². The summed E-state index contributed by atoms with van der Waals surface area (Å²) in [6, 6.07) is 20.5. The summed E-state index contributed by atoms with van der Waals surface area (Å²) in [6.07, 6.45) is 3.78. The van der Waals surface area contributed by atoms with E-state index in [0.29, 0.717) is 49.4 Å². The monoisotopic (exact) mass is 709 g/mol. The van der Waals surface area contributed by atoms with Crippen LogP contribution in [0.4, 0.5) is 5.82 Å². The van der Waals surface area contributed by atoms with E-state index < -0.39 is 6.10 Å². The van der Waals surface area contributed by atoms with Gasteiger partial charge in [0.25, 0.3) is 0 Å². The van der Waals surface area contributed by atoms with E-state index in [1.807, 2.05) is 6.07 Å². The predicted molar refractivity (Wildman–Crippen MR) is 197 cm³/mol. The molecule has 13 heteroatoms. The second-order valence-electron chi connectivity index (χ2n) is 13.5. The summed E-state index contributed by atoms with van der Waals surface area (Å²) in [4.78, 5) is 35.7. The molecule has 13 nitrogen and oxygen atoms in total. The van der Waals surface area contributed by atoms with Gasteiger partial charge in [-0.1, -0.05) is 30.3 Å². The molecule has 0 saturated carbocycles. The van der Waals surface area contributed by atoms with Crippen molar-refractivity contribution < 1.29 is 24.5 Å². The maximum absolute atomic E-state index is 12.3. The number of phenols is 1. The number of pyridine rings is 2. The lowest BCUT2D eigenvalue weighted by molar-refractivity contribution is -0.122. The number of anilines is 1. The number of morpholine rings is 1. The standard InChI is InChI=1S/C39H47N7O6/c40-24-30-5-2-14-43-38(30)46-19-22-52-39(27-46)12-17-45(18-13-39)26-29-4-1-3-28(23-29)10-20-51-21-11-35(49)42-16-15-41-25-34(48)31-6-8-33(47)37-32(31)7-9-36(50)44-37/h1-9,14,23,34,41,47-48H,10-13,15-22,25-27H2,(H,42,49)(H,44,50). The first-order valence-electron chi connectivity index (χ1n) is 17.9. The van der Waals surface area contributed by atoms with E-state index in [4.69, 9.17) is 9.47 Å². The van der Waals surface area contributed by atoms with Crippen molar-refractivity contribution in [1.82, 2.24) is 25.5 Å². The summed E-state index contributed by atoms with van der Waals surface area (Å²) in [5, 5.41) is 36.8. The largest absolute Gasteiger partial charge is 0.506 e. The fraction of sp³-hybridized carbons (Fsp3) is 0.436. The number of H-pyrrole nitrogens is 1. The van der Waals surface area contributed by atoms with Crippen LogP contribution in [-0.4, -0.2) is 102 Å². The van der Waals surface area contributed by atoms with E-state index in [2.05, 4.69) is 60.7 Å². The van der Waals surface area contributed by atoms with Gasteiger partial charge in [-0.15, -0.1) is 0 Å². The van der Waals surface area contributed by atoms with Crippen LogP contribution in [0, 0.1) is 11.3 Å². The summed E-state index contributed by atoms with van der Waals surface area (Å²) in [5.74, 6) is 0.594.